The van der Waals surface area contributed by atoms with Gasteiger partial charge < -0.3 is 5.32 Å². The first-order valence-corrected chi connectivity index (χ1v) is 6.93. The molecule has 0 bridgehead atoms. The Bertz CT molecular complexity index is 331. The molecule has 0 unspecified atom stereocenters. The topological polar surface area (TPSA) is 12.0 Å². The van der Waals surface area contributed by atoms with Gasteiger partial charge in [-0.15, -0.1) is 0 Å². The summed E-state index contributed by atoms with van der Waals surface area (Å²) in [4.78, 5) is 0. The Hall–Kier alpha value is -0.470. The van der Waals surface area contributed by atoms with Crippen molar-refractivity contribution < 1.29 is 0 Å². The number of aryl methyl sites for hydroxylation is 1. The number of hydrogen-bond donors (Lipinski definition) is 1. The van der Waals surface area contributed by atoms with E-state index in [1.807, 2.05) is 11.8 Å². The van der Waals surface area contributed by atoms with E-state index >= 15 is 0 Å². The van der Waals surface area contributed by atoms with Gasteiger partial charge in [0.2, 0.25) is 0 Å². The van der Waals surface area contributed by atoms with Gasteiger partial charge in [0.15, 0.2) is 0 Å². The Balaban J connectivity index is 2.18. The zero-order chi connectivity index (χ0) is 10.7. The summed E-state index contributed by atoms with van der Waals surface area (Å²) in [7, 11) is 0. The second kappa shape index (κ2) is 4.58. The number of nitrogens with one attached hydrogen (secondary N) is 1. The molecule has 0 aromatic heterocycles. The highest BCUT2D eigenvalue weighted by Crippen LogP contribution is 2.33. The van der Waals surface area contributed by atoms with Crippen molar-refractivity contribution in [3.63, 3.8) is 0 Å². The summed E-state index contributed by atoms with van der Waals surface area (Å²) in [5, 5.41) is 3.42. The second-order valence-corrected chi connectivity index (χ2v) is 5.48. The molecule has 0 radical (unpaired) electrons. The molecule has 1 aromatic rings. The third-order valence-corrected chi connectivity index (χ3v) is 3.95. The molecule has 1 aromatic carbocycles. The van der Waals surface area contributed by atoms with E-state index in [2.05, 4.69) is 42.8 Å². The molecule has 0 amide bonds. The molecule has 1 fully saturated rings. The van der Waals surface area contributed by atoms with Crippen LogP contribution in [0.1, 0.15) is 17.5 Å². The molecule has 2 heteroatoms. The van der Waals surface area contributed by atoms with Gasteiger partial charge in [0.1, 0.15) is 0 Å². The van der Waals surface area contributed by atoms with Gasteiger partial charge in [0.05, 0.1) is 0 Å². The molecular weight excluding hydrogens is 202 g/mol. The Morgan fingerprint density at radius 2 is 2.20 bits per heavy atom. The van der Waals surface area contributed by atoms with Gasteiger partial charge in [-0.25, -0.2) is 0 Å². The van der Waals surface area contributed by atoms with E-state index in [1.165, 1.54) is 23.3 Å². The Morgan fingerprint density at radius 3 is 2.73 bits per heavy atom. The molecular formula is C13H19NS. The first kappa shape index (κ1) is 11.0. The summed E-state index contributed by atoms with van der Waals surface area (Å²) in [6, 6.07) is 9.00. The summed E-state index contributed by atoms with van der Waals surface area (Å²) in [5.74, 6) is 1.26. The molecule has 0 aliphatic carbocycles. The molecule has 1 nitrogen and oxygen atoms in total. The first-order valence-electron chi connectivity index (χ1n) is 5.54. The van der Waals surface area contributed by atoms with Crippen molar-refractivity contribution in [1.82, 2.24) is 5.32 Å². The molecule has 15 heavy (non-hydrogen) atoms. The molecule has 1 aliphatic rings. The van der Waals surface area contributed by atoms with Crippen molar-refractivity contribution in [3.05, 3.63) is 35.4 Å². The lowest BCUT2D eigenvalue weighted by molar-refractivity contribution is 0.269. The number of hydrogen-bond acceptors (Lipinski definition) is 2. The minimum Gasteiger partial charge on any atom is -0.315 e. The molecule has 1 N–H and O–H groups in total. The smallest absolute Gasteiger partial charge is 0.0210 e. The fraction of sp³-hybridized carbons (Fsp3) is 0.538. The maximum absolute atomic E-state index is 3.42. The van der Waals surface area contributed by atoms with Crippen molar-refractivity contribution >= 4 is 11.8 Å². The predicted octanol–water partition coefficient (Wildman–Crippen LogP) is 2.59. The van der Waals surface area contributed by atoms with Crippen LogP contribution in [-0.4, -0.2) is 25.1 Å². The van der Waals surface area contributed by atoms with Crippen LogP contribution in [0, 0.1) is 6.92 Å². The van der Waals surface area contributed by atoms with Crippen LogP contribution >= 0.6 is 11.8 Å². The van der Waals surface area contributed by atoms with E-state index in [9.17, 15) is 0 Å². The van der Waals surface area contributed by atoms with Gasteiger partial charge in [-0.05, 0) is 30.9 Å². The highest BCUT2D eigenvalue weighted by Gasteiger charge is 2.37. The van der Waals surface area contributed by atoms with Gasteiger partial charge in [-0.3, -0.25) is 0 Å². The lowest BCUT2D eigenvalue weighted by Gasteiger charge is -2.43. The second-order valence-electron chi connectivity index (χ2n) is 4.50. The largest absolute Gasteiger partial charge is 0.315 e. The average Bonchev–Trinajstić information content (AvgIpc) is 2.16. The zero-order valence-corrected chi connectivity index (χ0v) is 10.4. The molecule has 0 atom stereocenters. The van der Waals surface area contributed by atoms with Crippen molar-refractivity contribution in [2.24, 2.45) is 0 Å². The predicted molar refractivity (Wildman–Crippen MR) is 68.7 cm³/mol. The monoisotopic (exact) mass is 221 g/mol. The fourth-order valence-electron chi connectivity index (χ4n) is 2.22. The summed E-state index contributed by atoms with van der Waals surface area (Å²) in [5.41, 5.74) is 3.33. The van der Waals surface area contributed by atoms with E-state index in [4.69, 9.17) is 0 Å². The van der Waals surface area contributed by atoms with E-state index in [1.54, 1.807) is 0 Å². The van der Waals surface area contributed by atoms with Crippen molar-refractivity contribution in [1.29, 1.82) is 0 Å². The zero-order valence-electron chi connectivity index (χ0n) is 9.55. The quantitative estimate of drug-likeness (QED) is 0.838. The molecule has 82 valence electrons. The highest BCUT2D eigenvalue weighted by atomic mass is 32.2. The van der Waals surface area contributed by atoms with Gasteiger partial charge in [0.25, 0.3) is 0 Å². The van der Waals surface area contributed by atoms with Crippen LogP contribution in [0.25, 0.3) is 0 Å². The maximum Gasteiger partial charge on any atom is 0.0210 e. The standard InChI is InChI=1S/C13H19NS/c1-11-4-3-5-12(8-11)13(6-7-15-2)9-14-10-13/h3-5,8,14H,6-7,9-10H2,1-2H3. The molecule has 1 aliphatic heterocycles. The first-order chi connectivity index (χ1) is 7.27. The van der Waals surface area contributed by atoms with Crippen LogP contribution in [-0.2, 0) is 5.41 Å². The lowest BCUT2D eigenvalue weighted by Crippen LogP contribution is -2.57. The van der Waals surface area contributed by atoms with Crippen LogP contribution in [0.5, 0.6) is 0 Å². The minimum atomic E-state index is 0.426. The Kier molecular flexibility index (Phi) is 3.37. The normalized spacial score (nSPS) is 18.5. The number of rotatable bonds is 4. The van der Waals surface area contributed by atoms with Crippen LogP contribution < -0.4 is 5.32 Å². The van der Waals surface area contributed by atoms with E-state index in [0.717, 1.165) is 13.1 Å². The van der Waals surface area contributed by atoms with Crippen molar-refractivity contribution in [2.75, 3.05) is 25.1 Å². The molecule has 1 heterocycles. The summed E-state index contributed by atoms with van der Waals surface area (Å²) in [6.07, 6.45) is 3.49. The lowest BCUT2D eigenvalue weighted by atomic mass is 9.73. The summed E-state index contributed by atoms with van der Waals surface area (Å²) in [6.45, 7) is 4.48. The van der Waals surface area contributed by atoms with Crippen molar-refractivity contribution in [3.8, 4) is 0 Å². The molecule has 0 spiro atoms. The van der Waals surface area contributed by atoms with Crippen molar-refractivity contribution in [2.45, 2.75) is 18.8 Å². The van der Waals surface area contributed by atoms with Gasteiger partial charge in [-0.1, -0.05) is 29.8 Å². The SMILES string of the molecule is CSCCC1(c2cccc(C)c2)CNC1. The Morgan fingerprint density at radius 1 is 1.40 bits per heavy atom. The van der Waals surface area contributed by atoms with Crippen LogP contribution in [0.3, 0.4) is 0 Å². The van der Waals surface area contributed by atoms with Gasteiger partial charge >= 0.3 is 0 Å². The third kappa shape index (κ3) is 2.21. The van der Waals surface area contributed by atoms with Gasteiger partial charge in [-0.2, -0.15) is 11.8 Å². The third-order valence-electron chi connectivity index (χ3n) is 3.34. The van der Waals surface area contributed by atoms with Crippen LogP contribution in [0.4, 0.5) is 0 Å². The number of benzene rings is 1. The minimum absolute atomic E-state index is 0.426. The summed E-state index contributed by atoms with van der Waals surface area (Å²) >= 11 is 1.95. The van der Waals surface area contributed by atoms with Gasteiger partial charge in [0, 0.05) is 18.5 Å². The fourth-order valence-corrected chi connectivity index (χ4v) is 2.82. The van der Waals surface area contributed by atoms with E-state index in [0.29, 0.717) is 5.41 Å². The summed E-state index contributed by atoms with van der Waals surface area (Å²) < 4.78 is 0. The number of thioether (sulfide) groups is 1. The Labute approximate surface area is 96.7 Å². The van der Waals surface area contributed by atoms with Crippen LogP contribution in [0.2, 0.25) is 0 Å². The van der Waals surface area contributed by atoms with E-state index in [-0.39, 0.29) is 0 Å². The average molecular weight is 221 g/mol. The molecule has 1 saturated heterocycles. The van der Waals surface area contributed by atoms with Crippen LogP contribution in [0.15, 0.2) is 24.3 Å². The molecule has 2 rings (SSSR count). The molecule has 0 saturated carbocycles. The highest BCUT2D eigenvalue weighted by molar-refractivity contribution is 7.98. The maximum atomic E-state index is 3.42. The van der Waals surface area contributed by atoms with E-state index < -0.39 is 0 Å².